The lowest BCUT2D eigenvalue weighted by molar-refractivity contribution is 0.196. The summed E-state index contributed by atoms with van der Waals surface area (Å²) in [6, 6.07) is 1.97. The van der Waals surface area contributed by atoms with Crippen LogP contribution in [0, 0.1) is 0 Å². The molecule has 12 heavy (non-hydrogen) atoms. The largest absolute Gasteiger partial charge is 0.390 e. The molecule has 0 amide bonds. The van der Waals surface area contributed by atoms with Crippen LogP contribution in [0.25, 0.3) is 0 Å². The van der Waals surface area contributed by atoms with Gasteiger partial charge in [-0.1, -0.05) is 0 Å². The minimum absolute atomic E-state index is 0.291. The standard InChI is InChI=1S/C7H11BrN2OS/c8-5-1-7(12-4-5)10-3-6(11)2-9/h1,4,6,10-11H,2-3,9H2. The van der Waals surface area contributed by atoms with Gasteiger partial charge in [-0.3, -0.25) is 0 Å². The number of aliphatic hydroxyl groups is 1. The molecule has 0 saturated heterocycles. The summed E-state index contributed by atoms with van der Waals surface area (Å²) in [7, 11) is 0. The smallest absolute Gasteiger partial charge is 0.0895 e. The van der Waals surface area contributed by atoms with Crippen molar-refractivity contribution in [2.45, 2.75) is 6.10 Å². The Morgan fingerprint density at radius 2 is 2.50 bits per heavy atom. The van der Waals surface area contributed by atoms with Crippen LogP contribution in [0.5, 0.6) is 0 Å². The second-order valence-corrected chi connectivity index (χ2v) is 4.23. The topological polar surface area (TPSA) is 58.3 Å². The molecule has 0 radical (unpaired) electrons. The summed E-state index contributed by atoms with van der Waals surface area (Å²) in [5.41, 5.74) is 5.25. The van der Waals surface area contributed by atoms with Crippen LogP contribution in [0.3, 0.4) is 0 Å². The van der Waals surface area contributed by atoms with Gasteiger partial charge in [0.2, 0.25) is 0 Å². The fourth-order valence-electron chi connectivity index (χ4n) is 0.707. The van der Waals surface area contributed by atoms with Crippen LogP contribution in [-0.2, 0) is 0 Å². The first kappa shape index (κ1) is 9.98. The molecule has 0 aliphatic rings. The normalized spacial score (nSPS) is 12.9. The summed E-state index contributed by atoms with van der Waals surface area (Å²) in [4.78, 5) is 0. The van der Waals surface area contributed by atoms with Crippen molar-refractivity contribution in [1.29, 1.82) is 0 Å². The fourth-order valence-corrected chi connectivity index (χ4v) is 2.04. The molecule has 0 bridgehead atoms. The second kappa shape index (κ2) is 4.81. The zero-order valence-electron chi connectivity index (χ0n) is 6.46. The van der Waals surface area contributed by atoms with Crippen molar-refractivity contribution in [1.82, 2.24) is 0 Å². The lowest BCUT2D eigenvalue weighted by atomic mass is 10.3. The average molecular weight is 251 g/mol. The SMILES string of the molecule is NCC(O)CNc1cc(Br)cs1. The monoisotopic (exact) mass is 250 g/mol. The van der Waals surface area contributed by atoms with Crippen molar-refractivity contribution in [3.8, 4) is 0 Å². The van der Waals surface area contributed by atoms with Crippen LogP contribution in [-0.4, -0.2) is 24.3 Å². The summed E-state index contributed by atoms with van der Waals surface area (Å²) in [5.74, 6) is 0. The van der Waals surface area contributed by atoms with E-state index in [1.165, 1.54) is 0 Å². The van der Waals surface area contributed by atoms with Crippen LogP contribution >= 0.6 is 27.3 Å². The molecule has 3 nitrogen and oxygen atoms in total. The molecule has 0 spiro atoms. The third-order valence-electron chi connectivity index (χ3n) is 1.35. The van der Waals surface area contributed by atoms with Gasteiger partial charge in [-0.25, -0.2) is 0 Å². The summed E-state index contributed by atoms with van der Waals surface area (Å²) in [5, 5.41) is 15.2. The van der Waals surface area contributed by atoms with E-state index in [4.69, 9.17) is 10.8 Å². The van der Waals surface area contributed by atoms with E-state index in [1.807, 2.05) is 11.4 Å². The maximum atomic E-state index is 9.13. The van der Waals surface area contributed by atoms with Crippen LogP contribution in [0.2, 0.25) is 0 Å². The molecule has 1 aromatic heterocycles. The predicted octanol–water partition coefficient (Wildman–Crippen LogP) is 1.24. The lowest BCUT2D eigenvalue weighted by Crippen LogP contribution is -2.27. The van der Waals surface area contributed by atoms with E-state index in [1.54, 1.807) is 11.3 Å². The summed E-state index contributed by atoms with van der Waals surface area (Å²) >= 11 is 4.93. The Bertz CT molecular complexity index is 241. The second-order valence-electron chi connectivity index (χ2n) is 2.40. The number of thiophene rings is 1. The fraction of sp³-hybridized carbons (Fsp3) is 0.429. The molecular formula is C7H11BrN2OS. The highest BCUT2D eigenvalue weighted by Gasteiger charge is 2.01. The Balaban J connectivity index is 2.33. The van der Waals surface area contributed by atoms with Crippen LogP contribution < -0.4 is 11.1 Å². The molecule has 0 saturated carbocycles. The molecule has 0 aromatic carbocycles. The molecule has 1 atom stereocenters. The lowest BCUT2D eigenvalue weighted by Gasteiger charge is -2.07. The van der Waals surface area contributed by atoms with E-state index in [2.05, 4.69) is 21.2 Å². The van der Waals surface area contributed by atoms with Crippen molar-refractivity contribution in [3.63, 3.8) is 0 Å². The van der Waals surface area contributed by atoms with E-state index < -0.39 is 6.10 Å². The highest BCUT2D eigenvalue weighted by molar-refractivity contribution is 9.10. The minimum Gasteiger partial charge on any atom is -0.390 e. The van der Waals surface area contributed by atoms with Gasteiger partial charge in [-0.2, -0.15) is 0 Å². The third-order valence-corrected chi connectivity index (χ3v) is 3.00. The van der Waals surface area contributed by atoms with Gasteiger partial charge in [0.1, 0.15) is 0 Å². The Kier molecular flexibility index (Phi) is 4.00. The zero-order chi connectivity index (χ0) is 8.97. The summed E-state index contributed by atoms with van der Waals surface area (Å²) in [6.45, 7) is 0.795. The van der Waals surface area contributed by atoms with Gasteiger partial charge in [-0.05, 0) is 22.0 Å². The maximum absolute atomic E-state index is 9.13. The van der Waals surface area contributed by atoms with Crippen LogP contribution in [0.4, 0.5) is 5.00 Å². The number of aliphatic hydroxyl groups excluding tert-OH is 1. The Hall–Kier alpha value is -0.100. The number of halogens is 1. The molecule has 0 aliphatic heterocycles. The molecule has 1 rings (SSSR count). The van der Waals surface area contributed by atoms with Crippen molar-refractivity contribution >= 4 is 32.3 Å². The Morgan fingerprint density at radius 1 is 1.75 bits per heavy atom. The minimum atomic E-state index is -0.467. The molecule has 0 fully saturated rings. The predicted molar refractivity (Wildman–Crippen MR) is 55.6 cm³/mol. The molecule has 5 heteroatoms. The molecular weight excluding hydrogens is 240 g/mol. The number of nitrogens with one attached hydrogen (secondary N) is 1. The van der Waals surface area contributed by atoms with Gasteiger partial charge in [0.25, 0.3) is 0 Å². The molecule has 4 N–H and O–H groups in total. The number of hydrogen-bond donors (Lipinski definition) is 3. The molecule has 68 valence electrons. The highest BCUT2D eigenvalue weighted by atomic mass is 79.9. The molecule has 1 aromatic rings. The van der Waals surface area contributed by atoms with E-state index >= 15 is 0 Å². The van der Waals surface area contributed by atoms with Gasteiger partial charge in [0.15, 0.2) is 0 Å². The first-order valence-electron chi connectivity index (χ1n) is 3.58. The van der Waals surface area contributed by atoms with Gasteiger partial charge in [-0.15, -0.1) is 11.3 Å². The highest BCUT2D eigenvalue weighted by Crippen LogP contribution is 2.24. The molecule has 1 unspecified atom stereocenters. The van der Waals surface area contributed by atoms with Crippen LogP contribution in [0.1, 0.15) is 0 Å². The number of rotatable bonds is 4. The Labute approximate surface area is 83.7 Å². The first-order valence-corrected chi connectivity index (χ1v) is 5.25. The van der Waals surface area contributed by atoms with E-state index in [0.29, 0.717) is 13.1 Å². The van der Waals surface area contributed by atoms with Gasteiger partial charge in [0, 0.05) is 22.9 Å². The Morgan fingerprint density at radius 3 is 3.00 bits per heavy atom. The van der Waals surface area contributed by atoms with Gasteiger partial charge < -0.3 is 16.2 Å². The molecule has 1 heterocycles. The van der Waals surface area contributed by atoms with Gasteiger partial charge in [0.05, 0.1) is 11.1 Å². The maximum Gasteiger partial charge on any atom is 0.0895 e. The molecule has 0 aliphatic carbocycles. The third kappa shape index (κ3) is 3.10. The number of nitrogens with two attached hydrogens (primary N) is 1. The van der Waals surface area contributed by atoms with Crippen molar-refractivity contribution in [2.75, 3.05) is 18.4 Å². The first-order chi connectivity index (χ1) is 5.72. The quantitative estimate of drug-likeness (QED) is 0.754. The van der Waals surface area contributed by atoms with Crippen molar-refractivity contribution in [2.24, 2.45) is 5.73 Å². The zero-order valence-corrected chi connectivity index (χ0v) is 8.86. The van der Waals surface area contributed by atoms with E-state index in [0.717, 1.165) is 9.47 Å². The summed E-state index contributed by atoms with van der Waals surface area (Å²) < 4.78 is 1.05. The number of hydrogen-bond acceptors (Lipinski definition) is 4. The number of anilines is 1. The van der Waals surface area contributed by atoms with Crippen molar-refractivity contribution in [3.05, 3.63) is 15.9 Å². The van der Waals surface area contributed by atoms with Gasteiger partial charge >= 0.3 is 0 Å². The van der Waals surface area contributed by atoms with Crippen molar-refractivity contribution < 1.29 is 5.11 Å². The van der Waals surface area contributed by atoms with E-state index in [9.17, 15) is 0 Å². The summed E-state index contributed by atoms with van der Waals surface area (Å²) in [6.07, 6.45) is -0.467. The van der Waals surface area contributed by atoms with E-state index in [-0.39, 0.29) is 0 Å². The average Bonchev–Trinajstić information content (AvgIpc) is 2.47. The van der Waals surface area contributed by atoms with Crippen LogP contribution in [0.15, 0.2) is 15.9 Å².